The summed E-state index contributed by atoms with van der Waals surface area (Å²) in [5.41, 5.74) is 5.11. The molecule has 0 saturated carbocycles. The highest BCUT2D eigenvalue weighted by Crippen LogP contribution is 2.49. The molecule has 4 N–H and O–H groups in total. The first-order valence-electron chi connectivity index (χ1n) is 4.07. The summed E-state index contributed by atoms with van der Waals surface area (Å²) >= 11 is 0. The molecule has 0 spiro atoms. The smallest absolute Gasteiger partial charge is 0.333 e. The Kier molecular flexibility index (Phi) is 2.95. The second-order valence-electron chi connectivity index (χ2n) is 3.22. The van der Waals surface area contributed by atoms with Gasteiger partial charge in [-0.15, -0.1) is 0 Å². The molecule has 82 valence electrons. The molecule has 2 unspecified atom stereocenters. The Hall–Kier alpha value is -1.23. The summed E-state index contributed by atoms with van der Waals surface area (Å²) in [6.45, 7) is 0.991. The molecule has 1 rings (SSSR count). The van der Waals surface area contributed by atoms with Crippen LogP contribution in [-0.2, 0) is 9.36 Å². The quantitative estimate of drug-likeness (QED) is 0.616. The van der Waals surface area contributed by atoms with E-state index in [9.17, 15) is 14.3 Å². The number of rotatable bonds is 3. The highest BCUT2D eigenvalue weighted by atomic mass is 31.2. The minimum Gasteiger partial charge on any atom is -0.479 e. The fourth-order valence-electron chi connectivity index (χ4n) is 0.901. The summed E-state index contributed by atoms with van der Waals surface area (Å²) < 4.78 is 11.9. The van der Waals surface area contributed by atoms with Gasteiger partial charge in [-0.3, -0.25) is 9.55 Å². The molecule has 0 aliphatic rings. The van der Waals surface area contributed by atoms with Crippen molar-refractivity contribution in [2.45, 2.75) is 12.2 Å². The lowest BCUT2D eigenvalue weighted by Gasteiger charge is -2.24. The predicted octanol–water partition coefficient (Wildman–Crippen LogP) is -0.263. The van der Waals surface area contributed by atoms with Crippen molar-refractivity contribution >= 4 is 18.8 Å². The number of hydrogen-bond acceptors (Lipinski definition) is 4. The summed E-state index contributed by atoms with van der Waals surface area (Å²) in [6.07, 6.45) is 1.30. The zero-order valence-corrected chi connectivity index (χ0v) is 8.89. The van der Waals surface area contributed by atoms with Gasteiger partial charge in [0, 0.05) is 6.20 Å². The van der Waals surface area contributed by atoms with Crippen LogP contribution in [0.4, 0.5) is 0 Å². The van der Waals surface area contributed by atoms with E-state index in [1.165, 1.54) is 18.3 Å². The predicted molar refractivity (Wildman–Crippen MR) is 53.9 cm³/mol. The van der Waals surface area contributed by atoms with Crippen molar-refractivity contribution in [3.8, 4) is 0 Å². The van der Waals surface area contributed by atoms with Crippen molar-refractivity contribution in [1.82, 2.24) is 4.98 Å². The molecule has 1 aromatic heterocycles. The summed E-state index contributed by atoms with van der Waals surface area (Å²) in [4.78, 5) is 24.1. The van der Waals surface area contributed by atoms with Gasteiger partial charge < -0.3 is 15.7 Å². The van der Waals surface area contributed by atoms with Crippen LogP contribution in [-0.4, -0.2) is 26.2 Å². The number of carboxylic acid groups (broad SMARTS) is 1. The van der Waals surface area contributed by atoms with Crippen LogP contribution < -0.4 is 11.2 Å². The van der Waals surface area contributed by atoms with Crippen LogP contribution in [0.1, 0.15) is 6.92 Å². The first-order valence-corrected chi connectivity index (χ1v) is 5.73. The summed E-state index contributed by atoms with van der Waals surface area (Å²) in [5, 5.41) is 6.52. The van der Waals surface area contributed by atoms with Crippen molar-refractivity contribution in [3.05, 3.63) is 24.4 Å². The molecule has 1 aromatic rings. The van der Waals surface area contributed by atoms with E-state index in [4.69, 9.17) is 10.8 Å². The Morgan fingerprint density at radius 3 is 2.60 bits per heavy atom. The van der Waals surface area contributed by atoms with Crippen LogP contribution in [0.3, 0.4) is 0 Å². The number of pyridine rings is 1. The maximum Gasteiger partial charge on any atom is 0.333 e. The molecular formula is C8H11N2O4P. The van der Waals surface area contributed by atoms with Crippen LogP contribution in [0.15, 0.2) is 24.4 Å². The molecule has 15 heavy (non-hydrogen) atoms. The lowest BCUT2D eigenvalue weighted by atomic mass is 10.4. The van der Waals surface area contributed by atoms with E-state index in [0.29, 0.717) is 0 Å². The number of carboxylic acids is 1. The number of carbonyl (C=O) groups is 1. The number of nitrogens with zero attached hydrogens (tertiary/aromatic N) is 1. The Morgan fingerprint density at radius 2 is 2.20 bits per heavy atom. The minimum atomic E-state index is -4.24. The average molecular weight is 230 g/mol. The maximum atomic E-state index is 11.9. The molecule has 0 fully saturated rings. The molecule has 7 heteroatoms. The topological polar surface area (TPSA) is 114 Å². The van der Waals surface area contributed by atoms with Crippen LogP contribution in [0.2, 0.25) is 0 Å². The molecule has 0 radical (unpaired) electrons. The van der Waals surface area contributed by atoms with E-state index in [2.05, 4.69) is 4.98 Å². The number of aromatic nitrogens is 1. The molecule has 6 nitrogen and oxygen atoms in total. The fourth-order valence-corrected chi connectivity index (χ4v) is 2.15. The Labute approximate surface area is 86.2 Å². The van der Waals surface area contributed by atoms with Gasteiger partial charge in [-0.25, -0.2) is 4.79 Å². The van der Waals surface area contributed by atoms with E-state index in [1.807, 2.05) is 0 Å². The molecule has 0 aliphatic carbocycles. The van der Waals surface area contributed by atoms with Gasteiger partial charge in [-0.1, -0.05) is 6.07 Å². The zero-order chi connectivity index (χ0) is 11.7. The van der Waals surface area contributed by atoms with Gasteiger partial charge in [0.25, 0.3) is 7.37 Å². The number of aliphatic carboxylic acids is 1. The fraction of sp³-hybridized carbons (Fsp3) is 0.250. The standard InChI is InChI=1S/C8H11N2O4P/c1-8(9,7(11)12)15(13,14)6-4-2-3-5-10-6/h2-5H,9H2,1H3,(H,11,12)(H,13,14). The lowest BCUT2D eigenvalue weighted by Crippen LogP contribution is -2.47. The molecule has 0 aromatic carbocycles. The normalized spacial score (nSPS) is 18.9. The van der Waals surface area contributed by atoms with Gasteiger partial charge in [-0.05, 0) is 19.1 Å². The van der Waals surface area contributed by atoms with Crippen molar-refractivity contribution in [1.29, 1.82) is 0 Å². The number of nitrogens with two attached hydrogens (primary N) is 1. The van der Waals surface area contributed by atoms with E-state index >= 15 is 0 Å². The second-order valence-corrected chi connectivity index (χ2v) is 5.76. The second kappa shape index (κ2) is 3.73. The molecule has 1 heterocycles. The summed E-state index contributed by atoms with van der Waals surface area (Å²) in [7, 11) is -4.24. The largest absolute Gasteiger partial charge is 0.479 e. The van der Waals surface area contributed by atoms with Crippen molar-refractivity contribution in [3.63, 3.8) is 0 Å². The monoisotopic (exact) mass is 230 g/mol. The van der Waals surface area contributed by atoms with Crippen molar-refractivity contribution < 1.29 is 19.4 Å². The third-order valence-corrected chi connectivity index (χ3v) is 4.36. The first kappa shape index (κ1) is 11.8. The SMILES string of the molecule is CC(N)(C(=O)O)P(=O)(O)c1ccccn1. The van der Waals surface area contributed by atoms with Gasteiger partial charge in [0.15, 0.2) is 5.28 Å². The van der Waals surface area contributed by atoms with Crippen LogP contribution in [0.5, 0.6) is 0 Å². The van der Waals surface area contributed by atoms with Gasteiger partial charge in [0.2, 0.25) is 0 Å². The molecular weight excluding hydrogens is 219 g/mol. The molecule has 0 bridgehead atoms. The van der Waals surface area contributed by atoms with Crippen molar-refractivity contribution in [2.24, 2.45) is 5.73 Å². The highest BCUT2D eigenvalue weighted by Gasteiger charge is 2.48. The van der Waals surface area contributed by atoms with E-state index in [0.717, 1.165) is 6.92 Å². The number of hydrogen-bond donors (Lipinski definition) is 3. The van der Waals surface area contributed by atoms with Crippen molar-refractivity contribution in [2.75, 3.05) is 0 Å². The van der Waals surface area contributed by atoms with Crippen LogP contribution >= 0.6 is 7.37 Å². The van der Waals surface area contributed by atoms with Gasteiger partial charge in [0.1, 0.15) is 5.44 Å². The molecule has 2 atom stereocenters. The Bertz CT molecular complexity index is 418. The molecule has 0 amide bonds. The maximum absolute atomic E-state index is 11.9. The average Bonchev–Trinajstić information content (AvgIpc) is 2.18. The first-order chi connectivity index (χ1) is 6.80. The van der Waals surface area contributed by atoms with Gasteiger partial charge in [0.05, 0.1) is 0 Å². The van der Waals surface area contributed by atoms with E-state index in [-0.39, 0.29) is 5.44 Å². The van der Waals surface area contributed by atoms with Gasteiger partial charge in [-0.2, -0.15) is 0 Å². The van der Waals surface area contributed by atoms with Gasteiger partial charge >= 0.3 is 5.97 Å². The summed E-state index contributed by atoms with van der Waals surface area (Å²) in [5.74, 6) is -1.54. The van der Waals surface area contributed by atoms with E-state index < -0.39 is 18.6 Å². The Morgan fingerprint density at radius 1 is 1.60 bits per heavy atom. The third kappa shape index (κ3) is 1.92. The Balaban J connectivity index is 3.26. The lowest BCUT2D eigenvalue weighted by molar-refractivity contribution is -0.139. The molecule has 0 aliphatic heterocycles. The third-order valence-electron chi connectivity index (χ3n) is 2.02. The molecule has 0 saturated heterocycles. The van der Waals surface area contributed by atoms with Crippen LogP contribution in [0, 0.1) is 0 Å². The summed E-state index contributed by atoms with van der Waals surface area (Å²) in [6, 6.07) is 4.32. The zero-order valence-electron chi connectivity index (χ0n) is 7.99. The minimum absolute atomic E-state index is 0.211. The highest BCUT2D eigenvalue weighted by molar-refractivity contribution is 7.68. The van der Waals surface area contributed by atoms with Crippen LogP contribution in [0.25, 0.3) is 0 Å². The van der Waals surface area contributed by atoms with E-state index in [1.54, 1.807) is 6.07 Å².